The smallest absolute Gasteiger partial charge is 0.303 e. The number of carbonyl (C=O) groups is 1. The van der Waals surface area contributed by atoms with Crippen LogP contribution in [0.4, 0.5) is 0 Å². The van der Waals surface area contributed by atoms with E-state index in [2.05, 4.69) is 0 Å². The van der Waals surface area contributed by atoms with Crippen molar-refractivity contribution in [3.05, 3.63) is 0 Å². The van der Waals surface area contributed by atoms with Gasteiger partial charge in [-0.3, -0.25) is 4.79 Å². The largest absolute Gasteiger partial charge is 0.454 e. The maximum Gasteiger partial charge on any atom is 0.303 e. The van der Waals surface area contributed by atoms with Crippen molar-refractivity contribution in [1.29, 1.82) is 0 Å². The van der Waals surface area contributed by atoms with Crippen molar-refractivity contribution in [3.63, 3.8) is 0 Å². The lowest BCUT2D eigenvalue weighted by Crippen LogP contribution is -2.63. The predicted molar refractivity (Wildman–Crippen MR) is 69.2 cm³/mol. The number of hydrogen-bond donors (Lipinski definition) is 0. The minimum absolute atomic E-state index is 0.172. The van der Waals surface area contributed by atoms with Gasteiger partial charge in [-0.1, -0.05) is 0 Å². The second-order valence-corrected chi connectivity index (χ2v) is 6.58. The Kier molecular flexibility index (Phi) is 3.35. The molecular weight excluding hydrogens is 280 g/mol. The zero-order valence-electron chi connectivity index (χ0n) is 13.0. The van der Waals surface area contributed by atoms with Crippen molar-refractivity contribution in [3.8, 4) is 0 Å². The molecule has 3 heterocycles. The third-order valence-electron chi connectivity index (χ3n) is 3.78. The molecule has 0 saturated carbocycles. The summed E-state index contributed by atoms with van der Waals surface area (Å²) in [5, 5.41) is 0. The minimum atomic E-state index is -1.15. The van der Waals surface area contributed by atoms with Crippen molar-refractivity contribution in [1.82, 2.24) is 0 Å². The Balaban J connectivity index is 1.90. The van der Waals surface area contributed by atoms with Gasteiger partial charge in [0.25, 0.3) is 0 Å². The lowest BCUT2D eigenvalue weighted by molar-refractivity contribution is -0.328. The number of carbonyl (C=O) groups excluding carboxylic acids is 1. The SMILES string of the molecule is CC(=O)O[C@H]1[C@@H]2OC(C)(C)O[C@@H]2CO[C@]12COC(C)(C)O2. The molecule has 120 valence electrons. The van der Waals surface area contributed by atoms with Gasteiger partial charge in [0.15, 0.2) is 17.7 Å². The molecule has 3 aliphatic heterocycles. The zero-order chi connectivity index (χ0) is 15.5. The van der Waals surface area contributed by atoms with Crippen molar-refractivity contribution in [2.75, 3.05) is 13.2 Å². The van der Waals surface area contributed by atoms with E-state index < -0.39 is 35.5 Å². The summed E-state index contributed by atoms with van der Waals surface area (Å²) >= 11 is 0. The third kappa shape index (κ3) is 2.68. The Hall–Kier alpha value is -0.730. The van der Waals surface area contributed by atoms with Crippen LogP contribution < -0.4 is 0 Å². The van der Waals surface area contributed by atoms with Crippen LogP contribution in [0.5, 0.6) is 0 Å². The predicted octanol–water partition coefficient (Wildman–Crippen LogP) is 0.948. The Morgan fingerprint density at radius 1 is 1.10 bits per heavy atom. The lowest BCUT2D eigenvalue weighted by atomic mass is 9.97. The number of rotatable bonds is 1. The molecular formula is C14H22O7. The Morgan fingerprint density at radius 2 is 1.81 bits per heavy atom. The van der Waals surface area contributed by atoms with Crippen LogP contribution >= 0.6 is 0 Å². The second kappa shape index (κ2) is 4.63. The molecule has 0 aromatic carbocycles. The van der Waals surface area contributed by atoms with Gasteiger partial charge in [-0.15, -0.1) is 0 Å². The molecule has 0 aromatic rings. The van der Waals surface area contributed by atoms with Gasteiger partial charge in [0.1, 0.15) is 18.8 Å². The molecule has 3 rings (SSSR count). The highest BCUT2D eigenvalue weighted by Gasteiger charge is 2.64. The molecule has 0 N–H and O–H groups in total. The average Bonchev–Trinajstić information content (AvgIpc) is 2.80. The summed E-state index contributed by atoms with van der Waals surface area (Å²) in [4.78, 5) is 11.5. The van der Waals surface area contributed by atoms with Crippen molar-refractivity contribution >= 4 is 5.97 Å². The molecule has 0 unspecified atom stereocenters. The van der Waals surface area contributed by atoms with Gasteiger partial charge >= 0.3 is 5.97 Å². The third-order valence-corrected chi connectivity index (χ3v) is 3.78. The average molecular weight is 302 g/mol. The maximum absolute atomic E-state index is 11.5. The lowest BCUT2D eigenvalue weighted by Gasteiger charge is -2.43. The summed E-state index contributed by atoms with van der Waals surface area (Å²) in [6.07, 6.45) is -1.49. The maximum atomic E-state index is 11.5. The minimum Gasteiger partial charge on any atom is -0.454 e. The highest BCUT2D eigenvalue weighted by Crippen LogP contribution is 2.45. The van der Waals surface area contributed by atoms with Gasteiger partial charge in [0.2, 0.25) is 5.79 Å². The van der Waals surface area contributed by atoms with E-state index in [1.54, 1.807) is 13.8 Å². The quantitative estimate of drug-likeness (QED) is 0.668. The van der Waals surface area contributed by atoms with Crippen LogP contribution in [0, 0.1) is 0 Å². The number of esters is 1. The highest BCUT2D eigenvalue weighted by molar-refractivity contribution is 5.66. The second-order valence-electron chi connectivity index (χ2n) is 6.58. The fourth-order valence-electron chi connectivity index (χ4n) is 3.10. The summed E-state index contributed by atoms with van der Waals surface area (Å²) in [5.74, 6) is -3.14. The Morgan fingerprint density at radius 3 is 2.38 bits per heavy atom. The van der Waals surface area contributed by atoms with E-state index >= 15 is 0 Å². The van der Waals surface area contributed by atoms with Crippen LogP contribution in [0.15, 0.2) is 0 Å². The standard InChI is InChI=1S/C14H22O7/c1-8(15)18-11-10-9(19-13(4,5)20-10)6-16-14(11)7-17-12(2,3)21-14/h9-11H,6-7H2,1-5H3/t9-,10-,11+,14+/m1/s1. The van der Waals surface area contributed by atoms with Crippen molar-refractivity contribution in [2.24, 2.45) is 0 Å². The Labute approximate surface area is 123 Å². The van der Waals surface area contributed by atoms with Crippen LogP contribution in [0.3, 0.4) is 0 Å². The van der Waals surface area contributed by atoms with Gasteiger partial charge in [0, 0.05) is 6.92 Å². The summed E-state index contributed by atoms with van der Waals surface area (Å²) < 4.78 is 34.5. The molecule has 3 saturated heterocycles. The number of ether oxygens (including phenoxy) is 6. The van der Waals surface area contributed by atoms with Gasteiger partial charge in [-0.05, 0) is 27.7 Å². The monoisotopic (exact) mass is 302 g/mol. The summed E-state index contributed by atoms with van der Waals surface area (Å²) in [6, 6.07) is 0. The van der Waals surface area contributed by atoms with Crippen LogP contribution in [-0.4, -0.2) is 54.9 Å². The van der Waals surface area contributed by atoms with Crippen LogP contribution in [0.1, 0.15) is 34.6 Å². The first kappa shape index (κ1) is 15.2. The fourth-order valence-corrected chi connectivity index (χ4v) is 3.10. The van der Waals surface area contributed by atoms with E-state index in [4.69, 9.17) is 28.4 Å². The molecule has 21 heavy (non-hydrogen) atoms. The summed E-state index contributed by atoms with van der Waals surface area (Å²) in [6.45, 7) is 9.03. The molecule has 1 spiro atoms. The van der Waals surface area contributed by atoms with E-state index in [9.17, 15) is 4.79 Å². The summed E-state index contributed by atoms with van der Waals surface area (Å²) in [5.41, 5.74) is 0. The first-order valence-electron chi connectivity index (χ1n) is 7.13. The van der Waals surface area contributed by atoms with Crippen LogP contribution in [0.25, 0.3) is 0 Å². The molecule has 0 amide bonds. The Bertz CT molecular complexity index is 445. The van der Waals surface area contributed by atoms with E-state index in [-0.39, 0.29) is 12.7 Å². The van der Waals surface area contributed by atoms with E-state index in [1.807, 2.05) is 13.8 Å². The van der Waals surface area contributed by atoms with Gasteiger partial charge in [-0.25, -0.2) is 0 Å². The molecule has 0 aromatic heterocycles. The fraction of sp³-hybridized carbons (Fsp3) is 0.929. The molecule has 3 aliphatic rings. The normalized spacial score (nSPS) is 43.8. The van der Waals surface area contributed by atoms with Gasteiger partial charge < -0.3 is 28.4 Å². The first-order valence-corrected chi connectivity index (χ1v) is 7.13. The zero-order valence-corrected chi connectivity index (χ0v) is 13.0. The molecule has 4 atom stereocenters. The van der Waals surface area contributed by atoms with Crippen LogP contribution in [-0.2, 0) is 33.2 Å². The molecule has 3 fully saturated rings. The highest BCUT2D eigenvalue weighted by atomic mass is 16.9. The molecule has 7 nitrogen and oxygen atoms in total. The molecule has 7 heteroatoms. The first-order chi connectivity index (χ1) is 9.63. The number of hydrogen-bond acceptors (Lipinski definition) is 7. The van der Waals surface area contributed by atoms with E-state index in [1.165, 1.54) is 6.92 Å². The van der Waals surface area contributed by atoms with Crippen molar-refractivity contribution in [2.45, 2.75) is 70.3 Å². The number of fused-ring (bicyclic) bond motifs is 1. The van der Waals surface area contributed by atoms with Gasteiger partial charge in [-0.2, -0.15) is 0 Å². The molecule has 0 radical (unpaired) electrons. The van der Waals surface area contributed by atoms with E-state index in [0.29, 0.717) is 6.61 Å². The van der Waals surface area contributed by atoms with Crippen molar-refractivity contribution < 1.29 is 33.2 Å². The summed E-state index contributed by atoms with van der Waals surface area (Å²) in [7, 11) is 0. The van der Waals surface area contributed by atoms with Crippen LogP contribution in [0.2, 0.25) is 0 Å². The van der Waals surface area contributed by atoms with Gasteiger partial charge in [0.05, 0.1) is 6.61 Å². The molecule has 0 aliphatic carbocycles. The van der Waals surface area contributed by atoms with E-state index in [0.717, 1.165) is 0 Å². The molecule has 0 bridgehead atoms. The topological polar surface area (TPSA) is 72.5 Å².